The molecule has 0 amide bonds. The number of hydrogen-bond donors (Lipinski definition) is 0. The fraction of sp³-hybridized carbons (Fsp3) is 0. The quantitative estimate of drug-likeness (QED) is 0.180. The van der Waals surface area contributed by atoms with Crippen molar-refractivity contribution < 1.29 is 0 Å². The molecule has 252 valence electrons. The monoisotopic (exact) mass is 688 g/mol. The summed E-state index contributed by atoms with van der Waals surface area (Å²) in [7, 11) is 0. The summed E-state index contributed by atoms with van der Waals surface area (Å²) in [6, 6.07) is 66.9. The highest BCUT2D eigenvalue weighted by Crippen LogP contribution is 2.37. The molecule has 3 aromatic heterocycles. The Morgan fingerprint density at radius 3 is 1.91 bits per heavy atom. The van der Waals surface area contributed by atoms with E-state index in [4.69, 9.17) is 9.97 Å². The molecule has 0 atom stereocenters. The van der Waals surface area contributed by atoms with Crippen LogP contribution in [-0.4, -0.2) is 19.1 Å². The molecule has 0 saturated heterocycles. The molecule has 0 aliphatic rings. The topological polar surface area (TPSA) is 35.6 Å². The molecule has 0 fully saturated rings. The molecule has 0 unspecified atom stereocenters. The third kappa shape index (κ3) is 4.85. The van der Waals surface area contributed by atoms with Gasteiger partial charge in [0.15, 0.2) is 5.82 Å². The van der Waals surface area contributed by atoms with Crippen LogP contribution in [0.5, 0.6) is 0 Å². The number of nitrogens with zero attached hydrogens (tertiary/aromatic N) is 4. The fourth-order valence-electron chi connectivity index (χ4n) is 8.16. The molecule has 4 nitrogen and oxygen atoms in total. The molecular weight excluding hydrogens is 657 g/mol. The lowest BCUT2D eigenvalue weighted by molar-refractivity contribution is 1.12. The van der Waals surface area contributed by atoms with E-state index in [1.54, 1.807) is 0 Å². The minimum Gasteiger partial charge on any atom is -0.316 e. The summed E-state index contributed by atoms with van der Waals surface area (Å²) < 4.78 is 4.64. The highest BCUT2D eigenvalue weighted by molar-refractivity contribution is 6.13. The lowest BCUT2D eigenvalue weighted by atomic mass is 9.96. The standard InChI is InChI=1S/C50H32N4/c1-2-13-38(14-3-1)53-30-29-37-31-44-42-16-7-9-20-46(42)54(48(44)32-47(37)53)39-27-25-36(26-28-39)50-51-45-19-8-6-17-43(45)49(52-50)35-23-21-34(22-24-35)41-18-10-12-33-11-4-5-15-40(33)41/h1-32H. The highest BCUT2D eigenvalue weighted by atomic mass is 15.0. The van der Waals surface area contributed by atoms with E-state index in [1.165, 1.54) is 54.6 Å². The van der Waals surface area contributed by atoms with Gasteiger partial charge in [-0.15, -0.1) is 0 Å². The average Bonchev–Trinajstić information content (AvgIpc) is 3.81. The summed E-state index contributed by atoms with van der Waals surface area (Å²) in [5, 5.41) is 7.22. The predicted octanol–water partition coefficient (Wildman–Crippen LogP) is 12.8. The first kappa shape index (κ1) is 30.3. The first-order chi connectivity index (χ1) is 26.8. The van der Waals surface area contributed by atoms with Gasteiger partial charge in [0.1, 0.15) is 0 Å². The molecule has 0 N–H and O–H groups in total. The summed E-state index contributed by atoms with van der Waals surface area (Å²) in [5.74, 6) is 0.706. The Hall–Kier alpha value is -7.30. The summed E-state index contributed by atoms with van der Waals surface area (Å²) in [5.41, 5.74) is 12.1. The van der Waals surface area contributed by atoms with Crippen molar-refractivity contribution >= 4 is 54.4 Å². The third-order valence-corrected chi connectivity index (χ3v) is 10.8. The molecular formula is C50H32N4. The Balaban J connectivity index is 1.01. The van der Waals surface area contributed by atoms with Crippen LogP contribution < -0.4 is 0 Å². The molecule has 11 aromatic rings. The lowest BCUT2D eigenvalue weighted by Gasteiger charge is -2.12. The number of aromatic nitrogens is 4. The molecule has 8 aromatic carbocycles. The Morgan fingerprint density at radius 2 is 1.06 bits per heavy atom. The van der Waals surface area contributed by atoms with Crippen LogP contribution >= 0.6 is 0 Å². The minimum atomic E-state index is 0.706. The second-order valence-corrected chi connectivity index (χ2v) is 13.9. The molecule has 4 heteroatoms. The van der Waals surface area contributed by atoms with Gasteiger partial charge in [-0.1, -0.05) is 121 Å². The number of para-hydroxylation sites is 3. The lowest BCUT2D eigenvalue weighted by Crippen LogP contribution is -1.97. The van der Waals surface area contributed by atoms with Crippen molar-refractivity contribution in [2.45, 2.75) is 0 Å². The van der Waals surface area contributed by atoms with Crippen molar-refractivity contribution in [3.05, 3.63) is 194 Å². The van der Waals surface area contributed by atoms with Crippen molar-refractivity contribution in [2.24, 2.45) is 0 Å². The summed E-state index contributed by atoms with van der Waals surface area (Å²) in [6.07, 6.45) is 2.16. The van der Waals surface area contributed by atoms with Crippen LogP contribution in [0, 0.1) is 0 Å². The molecule has 0 aliphatic carbocycles. The van der Waals surface area contributed by atoms with Gasteiger partial charge in [0.05, 0.1) is 27.8 Å². The van der Waals surface area contributed by atoms with Crippen LogP contribution in [0.25, 0.3) is 99.5 Å². The zero-order valence-corrected chi connectivity index (χ0v) is 29.3. The second-order valence-electron chi connectivity index (χ2n) is 13.9. The molecule has 0 radical (unpaired) electrons. The van der Waals surface area contributed by atoms with Gasteiger partial charge in [-0.3, -0.25) is 0 Å². The molecule has 0 aliphatic heterocycles. The zero-order chi connectivity index (χ0) is 35.6. The van der Waals surface area contributed by atoms with E-state index in [2.05, 4.69) is 197 Å². The van der Waals surface area contributed by atoms with Crippen LogP contribution in [-0.2, 0) is 0 Å². The maximum Gasteiger partial charge on any atom is 0.160 e. The molecule has 0 saturated carbocycles. The molecule has 0 bridgehead atoms. The average molecular weight is 689 g/mol. The van der Waals surface area contributed by atoms with Gasteiger partial charge in [-0.25, -0.2) is 9.97 Å². The van der Waals surface area contributed by atoms with Crippen molar-refractivity contribution in [1.82, 2.24) is 19.1 Å². The predicted molar refractivity (Wildman–Crippen MR) is 225 cm³/mol. The van der Waals surface area contributed by atoms with Crippen molar-refractivity contribution in [3.8, 4) is 45.1 Å². The first-order valence-electron chi connectivity index (χ1n) is 18.3. The van der Waals surface area contributed by atoms with Gasteiger partial charge in [-0.05, 0) is 88.6 Å². The number of rotatable bonds is 5. The van der Waals surface area contributed by atoms with Crippen LogP contribution in [0.3, 0.4) is 0 Å². The Morgan fingerprint density at radius 1 is 0.370 bits per heavy atom. The van der Waals surface area contributed by atoms with Crippen LogP contribution in [0.4, 0.5) is 0 Å². The fourth-order valence-corrected chi connectivity index (χ4v) is 8.16. The van der Waals surface area contributed by atoms with E-state index in [1.807, 2.05) is 6.07 Å². The van der Waals surface area contributed by atoms with E-state index in [-0.39, 0.29) is 0 Å². The van der Waals surface area contributed by atoms with Gasteiger partial charge >= 0.3 is 0 Å². The minimum absolute atomic E-state index is 0.706. The Labute approximate surface area is 311 Å². The van der Waals surface area contributed by atoms with E-state index in [0.29, 0.717) is 5.82 Å². The maximum atomic E-state index is 5.23. The van der Waals surface area contributed by atoms with E-state index >= 15 is 0 Å². The van der Waals surface area contributed by atoms with E-state index in [0.717, 1.165) is 39.1 Å². The van der Waals surface area contributed by atoms with Crippen molar-refractivity contribution in [1.29, 1.82) is 0 Å². The highest BCUT2D eigenvalue weighted by Gasteiger charge is 2.17. The van der Waals surface area contributed by atoms with Crippen molar-refractivity contribution in [2.75, 3.05) is 0 Å². The number of fused-ring (bicyclic) bond motifs is 6. The Kier molecular flexibility index (Phi) is 6.82. The molecule has 54 heavy (non-hydrogen) atoms. The van der Waals surface area contributed by atoms with Crippen molar-refractivity contribution in [3.63, 3.8) is 0 Å². The number of hydrogen-bond acceptors (Lipinski definition) is 2. The molecule has 3 heterocycles. The van der Waals surface area contributed by atoms with Gasteiger partial charge in [0.2, 0.25) is 0 Å². The van der Waals surface area contributed by atoms with Crippen LogP contribution in [0.15, 0.2) is 194 Å². The summed E-state index contributed by atoms with van der Waals surface area (Å²) in [6.45, 7) is 0. The van der Waals surface area contributed by atoms with Gasteiger partial charge in [0, 0.05) is 50.2 Å². The first-order valence-corrected chi connectivity index (χ1v) is 18.3. The van der Waals surface area contributed by atoms with Gasteiger partial charge in [0.25, 0.3) is 0 Å². The smallest absolute Gasteiger partial charge is 0.160 e. The summed E-state index contributed by atoms with van der Waals surface area (Å²) in [4.78, 5) is 10.3. The normalized spacial score (nSPS) is 11.7. The largest absolute Gasteiger partial charge is 0.316 e. The van der Waals surface area contributed by atoms with Gasteiger partial charge in [-0.2, -0.15) is 0 Å². The second kappa shape index (κ2) is 12.1. The summed E-state index contributed by atoms with van der Waals surface area (Å²) >= 11 is 0. The number of benzene rings is 8. The van der Waals surface area contributed by atoms with E-state index in [9.17, 15) is 0 Å². The van der Waals surface area contributed by atoms with Gasteiger partial charge < -0.3 is 9.13 Å². The molecule has 11 rings (SSSR count). The Bertz CT molecular complexity index is 3180. The maximum absolute atomic E-state index is 5.23. The van der Waals surface area contributed by atoms with Crippen LogP contribution in [0.2, 0.25) is 0 Å². The van der Waals surface area contributed by atoms with E-state index < -0.39 is 0 Å². The van der Waals surface area contributed by atoms with Crippen LogP contribution in [0.1, 0.15) is 0 Å². The molecule has 0 spiro atoms. The third-order valence-electron chi connectivity index (χ3n) is 10.8. The SMILES string of the molecule is c1ccc(-n2ccc3cc4c5ccccc5n(-c5ccc(-c6nc(-c7ccc(-c8cccc9ccccc89)cc7)c7ccccc7n6)cc5)c4cc32)cc1. The zero-order valence-electron chi connectivity index (χ0n) is 29.3.